The van der Waals surface area contributed by atoms with Crippen LogP contribution in [0, 0.1) is 0 Å². The van der Waals surface area contributed by atoms with Crippen molar-refractivity contribution in [3.05, 3.63) is 54.1 Å². The number of benzene rings is 2. The van der Waals surface area contributed by atoms with Gasteiger partial charge in [0.05, 0.1) is 0 Å². The van der Waals surface area contributed by atoms with Crippen molar-refractivity contribution in [2.75, 3.05) is 50.1 Å². The van der Waals surface area contributed by atoms with E-state index < -0.39 is 12.3 Å². The first-order valence-electron chi connectivity index (χ1n) is 10.8. The molecule has 0 atom stereocenters. The zero-order valence-corrected chi connectivity index (χ0v) is 19.2. The van der Waals surface area contributed by atoms with Crippen molar-refractivity contribution in [3.8, 4) is 17.1 Å². The maximum atomic E-state index is 12.5. The standard InChI is InChI=1S/C23H24F3N7O2/c1-31-10-12-33(13-11-31)22-29-20(16-5-3-4-15(14-16)19(27)34)28-21(30-22)32(2)17-6-8-18(9-7-17)35-23(24,25)26/h3-9,14H,10-13H2,1-2H3,(H2,27,34). The molecule has 0 spiro atoms. The van der Waals surface area contributed by atoms with Crippen molar-refractivity contribution >= 4 is 23.5 Å². The number of rotatable bonds is 6. The Morgan fingerprint density at radius 2 is 1.71 bits per heavy atom. The number of carbonyl (C=O) groups is 1. The van der Waals surface area contributed by atoms with Crippen LogP contribution in [-0.4, -0.2) is 72.4 Å². The molecule has 0 unspecified atom stereocenters. The highest BCUT2D eigenvalue weighted by atomic mass is 19.4. The first-order valence-corrected chi connectivity index (χ1v) is 10.8. The number of likely N-dealkylation sites (N-methyl/N-ethyl adjacent to an activating group) is 1. The lowest BCUT2D eigenvalue weighted by Gasteiger charge is -2.32. The number of nitrogens with two attached hydrogens (primary N) is 1. The Morgan fingerprint density at radius 3 is 2.34 bits per heavy atom. The third kappa shape index (κ3) is 5.96. The van der Waals surface area contributed by atoms with E-state index in [0.717, 1.165) is 13.1 Å². The van der Waals surface area contributed by atoms with Crippen LogP contribution in [0.5, 0.6) is 5.75 Å². The Bertz CT molecular complexity index is 1200. The minimum absolute atomic E-state index is 0.290. The third-order valence-electron chi connectivity index (χ3n) is 5.56. The van der Waals surface area contributed by atoms with Crippen LogP contribution in [0.2, 0.25) is 0 Å². The molecular formula is C23H24F3N7O2. The summed E-state index contributed by atoms with van der Waals surface area (Å²) >= 11 is 0. The lowest BCUT2D eigenvalue weighted by Crippen LogP contribution is -2.45. The average molecular weight is 487 g/mol. The molecule has 3 aromatic rings. The van der Waals surface area contributed by atoms with E-state index in [1.165, 1.54) is 24.3 Å². The van der Waals surface area contributed by atoms with Gasteiger partial charge in [-0.15, -0.1) is 13.2 Å². The molecule has 9 nitrogen and oxygen atoms in total. The number of anilines is 3. The number of nitrogens with zero attached hydrogens (tertiary/aromatic N) is 6. The highest BCUT2D eigenvalue weighted by Crippen LogP contribution is 2.29. The van der Waals surface area contributed by atoms with E-state index in [9.17, 15) is 18.0 Å². The molecule has 1 aromatic heterocycles. The van der Waals surface area contributed by atoms with Crippen molar-refractivity contribution in [3.63, 3.8) is 0 Å². The summed E-state index contributed by atoms with van der Waals surface area (Å²) < 4.78 is 41.4. The molecule has 4 rings (SSSR count). The summed E-state index contributed by atoms with van der Waals surface area (Å²) in [6, 6.07) is 12.1. The number of hydrogen-bond donors (Lipinski definition) is 1. The Hall–Kier alpha value is -3.93. The monoisotopic (exact) mass is 487 g/mol. The SMILES string of the molecule is CN1CCN(c2nc(-c3cccc(C(N)=O)c3)nc(N(C)c3ccc(OC(F)(F)F)cc3)n2)CC1. The van der Waals surface area contributed by atoms with E-state index in [1.807, 2.05) is 11.9 Å². The maximum absolute atomic E-state index is 12.5. The number of primary amides is 1. The van der Waals surface area contributed by atoms with Gasteiger partial charge in [-0.3, -0.25) is 4.79 Å². The molecule has 1 fully saturated rings. The van der Waals surface area contributed by atoms with E-state index in [2.05, 4.69) is 24.6 Å². The molecule has 0 bridgehead atoms. The zero-order chi connectivity index (χ0) is 25.2. The van der Waals surface area contributed by atoms with Crippen LogP contribution in [0.15, 0.2) is 48.5 Å². The van der Waals surface area contributed by atoms with E-state index in [0.29, 0.717) is 41.7 Å². The van der Waals surface area contributed by atoms with Crippen LogP contribution < -0.4 is 20.3 Å². The van der Waals surface area contributed by atoms with Gasteiger partial charge in [0.1, 0.15) is 5.75 Å². The average Bonchev–Trinajstić information content (AvgIpc) is 2.83. The summed E-state index contributed by atoms with van der Waals surface area (Å²) in [5, 5.41) is 0. The van der Waals surface area contributed by atoms with Crippen LogP contribution in [-0.2, 0) is 0 Å². The lowest BCUT2D eigenvalue weighted by atomic mass is 10.1. The number of ether oxygens (including phenoxy) is 1. The molecule has 1 aliphatic heterocycles. The van der Waals surface area contributed by atoms with Gasteiger partial charge < -0.3 is 25.2 Å². The lowest BCUT2D eigenvalue weighted by molar-refractivity contribution is -0.274. The number of aromatic nitrogens is 3. The summed E-state index contributed by atoms with van der Waals surface area (Å²) in [7, 11) is 3.74. The molecule has 2 N–H and O–H groups in total. The Balaban J connectivity index is 1.71. The van der Waals surface area contributed by atoms with Gasteiger partial charge in [-0.05, 0) is 43.4 Å². The van der Waals surface area contributed by atoms with Gasteiger partial charge >= 0.3 is 6.36 Å². The molecule has 2 heterocycles. The van der Waals surface area contributed by atoms with Gasteiger partial charge in [0.15, 0.2) is 5.82 Å². The minimum Gasteiger partial charge on any atom is -0.406 e. The quantitative estimate of drug-likeness (QED) is 0.566. The van der Waals surface area contributed by atoms with Crippen molar-refractivity contribution < 1.29 is 22.7 Å². The molecule has 0 saturated carbocycles. The molecule has 2 aromatic carbocycles. The molecule has 1 saturated heterocycles. The fraction of sp³-hybridized carbons (Fsp3) is 0.304. The van der Waals surface area contributed by atoms with Crippen LogP contribution >= 0.6 is 0 Å². The van der Waals surface area contributed by atoms with Gasteiger partial charge in [0, 0.05) is 50.0 Å². The fourth-order valence-electron chi connectivity index (χ4n) is 3.58. The first kappa shape index (κ1) is 24.2. The van der Waals surface area contributed by atoms with Crippen molar-refractivity contribution in [2.24, 2.45) is 5.73 Å². The zero-order valence-electron chi connectivity index (χ0n) is 19.2. The van der Waals surface area contributed by atoms with E-state index in [1.54, 1.807) is 36.2 Å². The van der Waals surface area contributed by atoms with Crippen molar-refractivity contribution in [2.45, 2.75) is 6.36 Å². The fourth-order valence-corrected chi connectivity index (χ4v) is 3.58. The third-order valence-corrected chi connectivity index (χ3v) is 5.56. The highest BCUT2D eigenvalue weighted by molar-refractivity contribution is 5.93. The number of carbonyl (C=O) groups excluding carboxylic acids is 1. The Morgan fingerprint density at radius 1 is 1.03 bits per heavy atom. The van der Waals surface area contributed by atoms with E-state index >= 15 is 0 Å². The molecule has 1 aliphatic rings. The maximum Gasteiger partial charge on any atom is 0.573 e. The number of hydrogen-bond acceptors (Lipinski definition) is 8. The number of piperazine rings is 1. The number of amides is 1. The predicted octanol–water partition coefficient (Wildman–Crippen LogP) is 3.06. The summed E-state index contributed by atoms with van der Waals surface area (Å²) in [6.07, 6.45) is -4.77. The van der Waals surface area contributed by atoms with Crippen LogP contribution in [0.4, 0.5) is 30.8 Å². The molecule has 184 valence electrons. The smallest absolute Gasteiger partial charge is 0.406 e. The molecule has 1 amide bonds. The molecule has 35 heavy (non-hydrogen) atoms. The Labute approximate surface area is 200 Å². The highest BCUT2D eigenvalue weighted by Gasteiger charge is 2.31. The van der Waals surface area contributed by atoms with Crippen LogP contribution in [0.1, 0.15) is 10.4 Å². The second-order valence-corrected chi connectivity index (χ2v) is 8.10. The second kappa shape index (κ2) is 9.74. The molecule has 0 radical (unpaired) electrons. The minimum atomic E-state index is -4.77. The predicted molar refractivity (Wildman–Crippen MR) is 125 cm³/mol. The first-order chi connectivity index (χ1) is 16.6. The van der Waals surface area contributed by atoms with E-state index in [4.69, 9.17) is 5.73 Å². The summed E-state index contributed by atoms with van der Waals surface area (Å²) in [5.74, 6) is 0.200. The van der Waals surface area contributed by atoms with Gasteiger partial charge in [-0.1, -0.05) is 12.1 Å². The number of halogens is 3. The summed E-state index contributed by atoms with van der Waals surface area (Å²) in [4.78, 5) is 31.4. The van der Waals surface area contributed by atoms with Gasteiger partial charge in [0.2, 0.25) is 17.8 Å². The molecule has 12 heteroatoms. The second-order valence-electron chi connectivity index (χ2n) is 8.10. The van der Waals surface area contributed by atoms with Crippen LogP contribution in [0.25, 0.3) is 11.4 Å². The van der Waals surface area contributed by atoms with Gasteiger partial charge in [-0.2, -0.15) is 15.0 Å². The molecule has 0 aliphatic carbocycles. The summed E-state index contributed by atoms with van der Waals surface area (Å²) in [5.41, 5.74) is 6.88. The van der Waals surface area contributed by atoms with Crippen LogP contribution in [0.3, 0.4) is 0 Å². The summed E-state index contributed by atoms with van der Waals surface area (Å²) in [6.45, 7) is 3.11. The van der Waals surface area contributed by atoms with Crippen molar-refractivity contribution in [1.29, 1.82) is 0 Å². The van der Waals surface area contributed by atoms with Gasteiger partial charge in [0.25, 0.3) is 0 Å². The van der Waals surface area contributed by atoms with Gasteiger partial charge in [-0.25, -0.2) is 0 Å². The largest absolute Gasteiger partial charge is 0.573 e. The Kier molecular flexibility index (Phi) is 6.74. The number of alkyl halides is 3. The topological polar surface area (TPSA) is 101 Å². The van der Waals surface area contributed by atoms with E-state index in [-0.39, 0.29) is 11.7 Å². The van der Waals surface area contributed by atoms with Crippen molar-refractivity contribution in [1.82, 2.24) is 19.9 Å². The normalized spacial score (nSPS) is 14.6. The molecular weight excluding hydrogens is 463 g/mol.